The highest BCUT2D eigenvalue weighted by atomic mass is 19.4. The Morgan fingerprint density at radius 1 is 1.27 bits per heavy atom. The van der Waals surface area contributed by atoms with Gasteiger partial charge < -0.3 is 0 Å². The molecule has 0 aliphatic rings. The predicted molar refractivity (Wildman–Crippen MR) is 44.2 cm³/mol. The van der Waals surface area contributed by atoms with Crippen molar-refractivity contribution in [2.75, 3.05) is 0 Å². The van der Waals surface area contributed by atoms with Crippen molar-refractivity contribution in [1.29, 1.82) is 0 Å². The number of para-hydroxylation sites is 1. The van der Waals surface area contributed by atoms with E-state index in [4.69, 9.17) is 0 Å². The van der Waals surface area contributed by atoms with E-state index in [0.29, 0.717) is 0 Å². The third-order valence-electron chi connectivity index (χ3n) is 1.79. The van der Waals surface area contributed by atoms with E-state index in [-0.39, 0.29) is 15.7 Å². The molecule has 1 heterocycles. The third-order valence-corrected chi connectivity index (χ3v) is 1.79. The zero-order valence-electron chi connectivity index (χ0n) is 7.19. The summed E-state index contributed by atoms with van der Waals surface area (Å²) in [4.78, 5) is 10.9. The highest BCUT2D eigenvalue weighted by Crippen LogP contribution is 2.19. The molecule has 0 atom stereocenters. The monoisotopic (exact) mass is 215 g/mol. The number of hydrogen-bond acceptors (Lipinski definition) is 3. The van der Waals surface area contributed by atoms with Crippen LogP contribution in [0.5, 0.6) is 0 Å². The number of hydrogen-bond donors (Lipinski definition) is 0. The summed E-state index contributed by atoms with van der Waals surface area (Å²) in [5.41, 5.74) is 0.287. The molecule has 0 saturated carbocycles. The lowest BCUT2D eigenvalue weighted by Crippen LogP contribution is -2.29. The van der Waals surface area contributed by atoms with Crippen molar-refractivity contribution >= 4 is 16.9 Å². The molecule has 0 fully saturated rings. The fourth-order valence-electron chi connectivity index (χ4n) is 1.14. The molecule has 0 bridgehead atoms. The summed E-state index contributed by atoms with van der Waals surface area (Å²) >= 11 is 0. The van der Waals surface area contributed by atoms with Gasteiger partial charge in [0.25, 0.3) is 0 Å². The van der Waals surface area contributed by atoms with Gasteiger partial charge in [-0.05, 0) is 12.1 Å². The standard InChI is InChI=1S/C8H4F3N3O/c9-8(10,11)7(15)14-6-4-2-1-3-5(6)12-13-14/h1-4H. The summed E-state index contributed by atoms with van der Waals surface area (Å²) < 4.78 is 36.6. The van der Waals surface area contributed by atoms with E-state index in [2.05, 4.69) is 10.3 Å². The van der Waals surface area contributed by atoms with Gasteiger partial charge in [-0.1, -0.05) is 17.3 Å². The number of carbonyl (C=O) groups excluding carboxylic acids is 1. The SMILES string of the molecule is O=C(n1nnc2ccccc21)C(F)(F)F. The van der Waals surface area contributed by atoms with E-state index in [1.165, 1.54) is 18.2 Å². The first kappa shape index (κ1) is 9.63. The summed E-state index contributed by atoms with van der Waals surface area (Å²) in [6.45, 7) is 0. The predicted octanol–water partition coefficient (Wildman–Crippen LogP) is 1.63. The molecule has 2 rings (SSSR count). The summed E-state index contributed by atoms with van der Waals surface area (Å²) in [5, 5.41) is 6.60. The van der Waals surface area contributed by atoms with Crippen LogP contribution in [0, 0.1) is 0 Å². The van der Waals surface area contributed by atoms with Crippen molar-refractivity contribution in [3.63, 3.8) is 0 Å². The van der Waals surface area contributed by atoms with E-state index >= 15 is 0 Å². The average molecular weight is 215 g/mol. The van der Waals surface area contributed by atoms with Crippen LogP contribution in [0.2, 0.25) is 0 Å². The van der Waals surface area contributed by atoms with Gasteiger partial charge in [-0.15, -0.1) is 5.10 Å². The maximum Gasteiger partial charge on any atom is 0.473 e. The van der Waals surface area contributed by atoms with Gasteiger partial charge in [-0.25, -0.2) is 0 Å². The lowest BCUT2D eigenvalue weighted by Gasteiger charge is -2.03. The molecule has 0 amide bonds. The Kier molecular flexibility index (Phi) is 1.95. The number of aromatic nitrogens is 3. The number of carbonyl (C=O) groups is 1. The number of nitrogens with zero attached hydrogens (tertiary/aromatic N) is 3. The molecule has 2 aromatic rings. The first-order valence-electron chi connectivity index (χ1n) is 3.92. The second kappa shape index (κ2) is 3.04. The number of halogens is 3. The molecule has 15 heavy (non-hydrogen) atoms. The van der Waals surface area contributed by atoms with Crippen LogP contribution in [0.4, 0.5) is 13.2 Å². The molecule has 0 saturated heterocycles. The van der Waals surface area contributed by atoms with E-state index in [1.54, 1.807) is 6.07 Å². The van der Waals surface area contributed by atoms with Crippen molar-refractivity contribution in [2.45, 2.75) is 6.18 Å². The Morgan fingerprint density at radius 2 is 1.93 bits per heavy atom. The Bertz CT molecular complexity index is 517. The van der Waals surface area contributed by atoms with Crippen LogP contribution in [0.15, 0.2) is 24.3 Å². The lowest BCUT2D eigenvalue weighted by atomic mass is 10.3. The van der Waals surface area contributed by atoms with Gasteiger partial charge in [0.1, 0.15) is 5.52 Å². The fourth-order valence-corrected chi connectivity index (χ4v) is 1.14. The Morgan fingerprint density at radius 3 is 2.60 bits per heavy atom. The van der Waals surface area contributed by atoms with Gasteiger partial charge in [0.05, 0.1) is 5.52 Å². The Labute approximate surface area is 81.3 Å². The van der Waals surface area contributed by atoms with Crippen molar-refractivity contribution in [3.05, 3.63) is 24.3 Å². The molecule has 7 heteroatoms. The molecule has 0 unspecified atom stereocenters. The number of alkyl halides is 3. The minimum atomic E-state index is -4.95. The lowest BCUT2D eigenvalue weighted by molar-refractivity contribution is -0.0953. The van der Waals surface area contributed by atoms with Gasteiger partial charge in [-0.2, -0.15) is 17.9 Å². The average Bonchev–Trinajstić information content (AvgIpc) is 2.58. The second-order valence-electron chi connectivity index (χ2n) is 2.79. The highest BCUT2D eigenvalue weighted by Gasteiger charge is 2.41. The van der Waals surface area contributed by atoms with E-state index in [0.717, 1.165) is 0 Å². The molecule has 78 valence electrons. The molecule has 4 nitrogen and oxygen atoms in total. The minimum Gasteiger partial charge on any atom is -0.262 e. The van der Waals surface area contributed by atoms with Crippen molar-refractivity contribution in [3.8, 4) is 0 Å². The molecule has 0 spiro atoms. The summed E-state index contributed by atoms with van der Waals surface area (Å²) in [5.74, 6) is -2.05. The zero-order chi connectivity index (χ0) is 11.1. The van der Waals surface area contributed by atoms with Gasteiger partial charge in [0.15, 0.2) is 0 Å². The van der Waals surface area contributed by atoms with Gasteiger partial charge in [0.2, 0.25) is 0 Å². The third kappa shape index (κ3) is 1.56. The van der Waals surface area contributed by atoms with Crippen LogP contribution >= 0.6 is 0 Å². The van der Waals surface area contributed by atoms with Crippen LogP contribution in [-0.4, -0.2) is 27.1 Å². The maximum atomic E-state index is 12.1. The molecule has 0 N–H and O–H groups in total. The largest absolute Gasteiger partial charge is 0.473 e. The van der Waals surface area contributed by atoms with Crippen molar-refractivity contribution < 1.29 is 18.0 Å². The molecular formula is C8H4F3N3O. The molecule has 0 aliphatic heterocycles. The van der Waals surface area contributed by atoms with Gasteiger partial charge >= 0.3 is 12.1 Å². The molecule has 0 aliphatic carbocycles. The second-order valence-corrected chi connectivity index (χ2v) is 2.79. The van der Waals surface area contributed by atoms with Crippen molar-refractivity contribution in [1.82, 2.24) is 15.0 Å². The molecular weight excluding hydrogens is 211 g/mol. The quantitative estimate of drug-likeness (QED) is 0.671. The number of fused-ring (bicyclic) bond motifs is 1. The summed E-state index contributed by atoms with van der Waals surface area (Å²) in [6, 6.07) is 5.92. The first-order valence-corrected chi connectivity index (χ1v) is 3.92. The summed E-state index contributed by atoms with van der Waals surface area (Å²) in [7, 11) is 0. The topological polar surface area (TPSA) is 47.8 Å². The van der Waals surface area contributed by atoms with Gasteiger partial charge in [0, 0.05) is 0 Å². The van der Waals surface area contributed by atoms with Gasteiger partial charge in [-0.3, -0.25) is 4.79 Å². The smallest absolute Gasteiger partial charge is 0.262 e. The first-order chi connectivity index (χ1) is 7.00. The van der Waals surface area contributed by atoms with E-state index in [1.807, 2.05) is 0 Å². The minimum absolute atomic E-state index is 0.0415. The van der Waals surface area contributed by atoms with Crippen LogP contribution in [-0.2, 0) is 0 Å². The Balaban J connectivity index is 2.58. The number of benzene rings is 1. The Hall–Kier alpha value is -1.92. The van der Waals surface area contributed by atoms with Crippen LogP contribution in [0.25, 0.3) is 11.0 Å². The molecule has 1 aromatic carbocycles. The van der Waals surface area contributed by atoms with Crippen LogP contribution < -0.4 is 0 Å². The zero-order valence-corrected chi connectivity index (χ0v) is 7.19. The van der Waals surface area contributed by atoms with E-state index in [9.17, 15) is 18.0 Å². The normalized spacial score (nSPS) is 11.9. The highest BCUT2D eigenvalue weighted by molar-refractivity contribution is 5.91. The van der Waals surface area contributed by atoms with Crippen LogP contribution in [0.3, 0.4) is 0 Å². The number of rotatable bonds is 0. The summed E-state index contributed by atoms with van der Waals surface area (Å²) in [6.07, 6.45) is -4.95. The maximum absolute atomic E-state index is 12.1. The fraction of sp³-hybridized carbons (Fsp3) is 0.125. The van der Waals surface area contributed by atoms with Crippen molar-refractivity contribution in [2.24, 2.45) is 0 Å². The van der Waals surface area contributed by atoms with Crippen LogP contribution in [0.1, 0.15) is 4.79 Å². The molecule has 0 radical (unpaired) electrons. The molecule has 1 aromatic heterocycles. The van der Waals surface area contributed by atoms with E-state index < -0.39 is 12.1 Å².